The quantitative estimate of drug-likeness (QED) is 0.383. The highest BCUT2D eigenvalue weighted by molar-refractivity contribution is 5.92. The van der Waals surface area contributed by atoms with Crippen LogP contribution in [0.4, 0.5) is 5.69 Å². The molecule has 0 saturated carbocycles. The van der Waals surface area contributed by atoms with Gasteiger partial charge in [-0.25, -0.2) is 0 Å². The second-order valence-electron chi connectivity index (χ2n) is 4.46. The largest absolute Gasteiger partial charge is 0.490 e. The number of aliphatic imine (C=N–C) groups is 1. The van der Waals surface area contributed by atoms with Crippen LogP contribution in [0.15, 0.2) is 35.3 Å². The fourth-order valence-electron chi connectivity index (χ4n) is 1.85. The first-order valence-electron chi connectivity index (χ1n) is 6.87. The minimum Gasteiger partial charge on any atom is -0.490 e. The van der Waals surface area contributed by atoms with Crippen LogP contribution < -0.4 is 20.5 Å². The second kappa shape index (κ2) is 7.43. The Bertz CT molecular complexity index is 498. The van der Waals surface area contributed by atoms with E-state index in [4.69, 9.17) is 15.2 Å². The maximum Gasteiger partial charge on any atom is 0.193 e. The van der Waals surface area contributed by atoms with E-state index in [2.05, 4.69) is 16.4 Å². The van der Waals surface area contributed by atoms with Gasteiger partial charge in [0.2, 0.25) is 0 Å². The summed E-state index contributed by atoms with van der Waals surface area (Å²) in [4.78, 5) is 4.25. The van der Waals surface area contributed by atoms with Gasteiger partial charge in [0.1, 0.15) is 0 Å². The number of allylic oxidation sites excluding steroid dienone is 1. The molecule has 0 spiro atoms. The molecule has 5 nitrogen and oxygen atoms in total. The van der Waals surface area contributed by atoms with E-state index in [1.54, 1.807) is 0 Å². The number of guanidine groups is 1. The first-order valence-corrected chi connectivity index (χ1v) is 6.87. The molecule has 0 atom stereocenters. The summed E-state index contributed by atoms with van der Waals surface area (Å²) in [6.45, 7) is 4.02. The molecule has 5 heteroatoms. The Morgan fingerprint density at radius 1 is 1.35 bits per heavy atom. The molecular weight excluding hydrogens is 254 g/mol. The summed E-state index contributed by atoms with van der Waals surface area (Å²) >= 11 is 0. The van der Waals surface area contributed by atoms with Crippen LogP contribution in [0, 0.1) is 0 Å². The summed E-state index contributed by atoms with van der Waals surface area (Å²) in [5.41, 5.74) is 6.69. The molecule has 3 N–H and O–H groups in total. The van der Waals surface area contributed by atoms with Gasteiger partial charge in [0.25, 0.3) is 0 Å². The summed E-state index contributed by atoms with van der Waals surface area (Å²) in [5, 5.41) is 3.06. The lowest BCUT2D eigenvalue weighted by Gasteiger charge is -2.10. The summed E-state index contributed by atoms with van der Waals surface area (Å²) in [6, 6.07) is 5.67. The van der Waals surface area contributed by atoms with Crippen molar-refractivity contribution in [2.45, 2.75) is 19.8 Å². The Morgan fingerprint density at radius 2 is 2.15 bits per heavy atom. The monoisotopic (exact) mass is 275 g/mol. The third-order valence-electron chi connectivity index (χ3n) is 2.83. The van der Waals surface area contributed by atoms with Gasteiger partial charge >= 0.3 is 0 Å². The molecule has 0 unspecified atom stereocenters. The van der Waals surface area contributed by atoms with Crippen molar-refractivity contribution in [3.8, 4) is 11.5 Å². The Morgan fingerprint density at radius 3 is 2.95 bits per heavy atom. The maximum atomic E-state index is 5.84. The molecule has 0 fully saturated rings. The first kappa shape index (κ1) is 14.2. The van der Waals surface area contributed by atoms with E-state index in [0.29, 0.717) is 25.7 Å². The molecule has 1 heterocycles. The van der Waals surface area contributed by atoms with Gasteiger partial charge in [0, 0.05) is 24.7 Å². The third kappa shape index (κ3) is 4.19. The molecule has 0 aromatic heterocycles. The zero-order valence-corrected chi connectivity index (χ0v) is 11.8. The van der Waals surface area contributed by atoms with Gasteiger partial charge < -0.3 is 20.5 Å². The average Bonchev–Trinajstić information content (AvgIpc) is 2.68. The lowest BCUT2D eigenvalue weighted by Crippen LogP contribution is -2.22. The van der Waals surface area contributed by atoms with Crippen molar-refractivity contribution >= 4 is 11.6 Å². The molecule has 1 aromatic rings. The van der Waals surface area contributed by atoms with Crippen molar-refractivity contribution in [3.05, 3.63) is 30.4 Å². The summed E-state index contributed by atoms with van der Waals surface area (Å²) in [5.74, 6) is 1.93. The molecule has 0 bridgehead atoms. The van der Waals surface area contributed by atoms with E-state index in [-0.39, 0.29) is 0 Å². The van der Waals surface area contributed by atoms with Gasteiger partial charge in [-0.1, -0.05) is 12.2 Å². The normalized spacial score (nSPS) is 15.2. The van der Waals surface area contributed by atoms with E-state index in [0.717, 1.165) is 30.0 Å². The standard InChI is InChI=1S/C15H21N3O2/c1-2-3-4-8-17-15(16)18-12-6-7-13-14(11-12)20-10-5-9-19-13/h2-3,6-7,11H,4-5,8-10H2,1H3,(H3,16,17,18)/b3-2+. The van der Waals surface area contributed by atoms with Crippen LogP contribution in [0.3, 0.4) is 0 Å². The van der Waals surface area contributed by atoms with Crippen molar-refractivity contribution in [2.75, 3.05) is 25.1 Å². The molecule has 1 aromatic carbocycles. The fraction of sp³-hybridized carbons (Fsp3) is 0.400. The fourth-order valence-corrected chi connectivity index (χ4v) is 1.85. The highest BCUT2D eigenvalue weighted by Gasteiger charge is 2.10. The van der Waals surface area contributed by atoms with Crippen LogP contribution in [0.5, 0.6) is 11.5 Å². The van der Waals surface area contributed by atoms with E-state index >= 15 is 0 Å². The van der Waals surface area contributed by atoms with Crippen LogP contribution >= 0.6 is 0 Å². The van der Waals surface area contributed by atoms with E-state index in [1.165, 1.54) is 0 Å². The molecule has 0 aliphatic carbocycles. The maximum absolute atomic E-state index is 5.84. The molecule has 1 aliphatic rings. The van der Waals surface area contributed by atoms with E-state index in [1.807, 2.05) is 31.2 Å². The predicted molar refractivity (Wildman–Crippen MR) is 81.6 cm³/mol. The molecule has 0 amide bonds. The van der Waals surface area contributed by atoms with Gasteiger partial charge in [-0.2, -0.15) is 0 Å². The summed E-state index contributed by atoms with van der Waals surface area (Å²) < 4.78 is 11.2. The minimum atomic E-state index is 0.406. The lowest BCUT2D eigenvalue weighted by atomic mass is 10.3. The lowest BCUT2D eigenvalue weighted by molar-refractivity contribution is 0.297. The van der Waals surface area contributed by atoms with E-state index in [9.17, 15) is 0 Å². The highest BCUT2D eigenvalue weighted by Crippen LogP contribution is 2.32. The van der Waals surface area contributed by atoms with Gasteiger partial charge in [0.05, 0.1) is 13.2 Å². The number of nitrogens with two attached hydrogens (primary N) is 1. The molecule has 1 aliphatic heterocycles. The number of hydrogen-bond donors (Lipinski definition) is 2. The van der Waals surface area contributed by atoms with E-state index < -0.39 is 0 Å². The number of nitrogens with one attached hydrogen (secondary N) is 1. The number of benzene rings is 1. The minimum absolute atomic E-state index is 0.406. The topological polar surface area (TPSA) is 68.9 Å². The third-order valence-corrected chi connectivity index (χ3v) is 2.83. The zero-order chi connectivity index (χ0) is 14.2. The number of rotatable bonds is 4. The van der Waals surface area contributed by atoms with Crippen molar-refractivity contribution in [2.24, 2.45) is 10.7 Å². The van der Waals surface area contributed by atoms with Gasteiger partial charge in [-0.3, -0.25) is 4.99 Å². The van der Waals surface area contributed by atoms with Crippen LogP contribution in [-0.4, -0.2) is 25.7 Å². The molecule has 108 valence electrons. The molecule has 0 saturated heterocycles. The molecule has 2 rings (SSSR count). The Balaban J connectivity index is 1.97. The number of anilines is 1. The van der Waals surface area contributed by atoms with Gasteiger partial charge in [0.15, 0.2) is 17.5 Å². The Kier molecular flexibility index (Phi) is 5.29. The summed E-state index contributed by atoms with van der Waals surface area (Å²) in [6.07, 6.45) is 5.85. The van der Waals surface area contributed by atoms with Gasteiger partial charge in [-0.15, -0.1) is 0 Å². The Hall–Kier alpha value is -2.17. The molecular formula is C15H21N3O2. The Labute approximate surface area is 119 Å². The number of nitrogens with zero attached hydrogens (tertiary/aromatic N) is 1. The van der Waals surface area contributed by atoms with Crippen LogP contribution in [0.1, 0.15) is 19.8 Å². The summed E-state index contributed by atoms with van der Waals surface area (Å²) in [7, 11) is 0. The first-order chi connectivity index (χ1) is 9.79. The number of ether oxygens (including phenoxy) is 2. The smallest absolute Gasteiger partial charge is 0.193 e. The second-order valence-corrected chi connectivity index (χ2v) is 4.46. The average molecular weight is 275 g/mol. The van der Waals surface area contributed by atoms with Crippen LogP contribution in [0.2, 0.25) is 0 Å². The van der Waals surface area contributed by atoms with Crippen LogP contribution in [-0.2, 0) is 0 Å². The highest BCUT2D eigenvalue weighted by atomic mass is 16.5. The van der Waals surface area contributed by atoms with Crippen molar-refractivity contribution < 1.29 is 9.47 Å². The van der Waals surface area contributed by atoms with Crippen molar-refractivity contribution in [1.82, 2.24) is 0 Å². The molecule has 20 heavy (non-hydrogen) atoms. The zero-order valence-electron chi connectivity index (χ0n) is 11.8. The van der Waals surface area contributed by atoms with Crippen molar-refractivity contribution in [3.63, 3.8) is 0 Å². The van der Waals surface area contributed by atoms with Crippen LogP contribution in [0.25, 0.3) is 0 Å². The SMILES string of the molecule is C/C=C/CCN=C(N)Nc1ccc2c(c1)OCCCO2. The predicted octanol–water partition coefficient (Wildman–Crippen LogP) is 2.54. The molecule has 0 radical (unpaired) electrons. The number of fused-ring (bicyclic) bond motifs is 1. The number of hydrogen-bond acceptors (Lipinski definition) is 3. The van der Waals surface area contributed by atoms with Crippen molar-refractivity contribution in [1.29, 1.82) is 0 Å². The van der Waals surface area contributed by atoms with Gasteiger partial charge in [-0.05, 0) is 25.5 Å².